The van der Waals surface area contributed by atoms with Gasteiger partial charge in [0.15, 0.2) is 0 Å². The van der Waals surface area contributed by atoms with Crippen molar-refractivity contribution in [2.24, 2.45) is 4.99 Å². The highest BCUT2D eigenvalue weighted by molar-refractivity contribution is 6.28. The third kappa shape index (κ3) is 15.7. The van der Waals surface area contributed by atoms with Crippen molar-refractivity contribution in [3.63, 3.8) is 0 Å². The maximum atomic E-state index is 6.61. The molecule has 4 N–H and O–H groups in total. The second-order valence-electron chi connectivity index (χ2n) is 1.10. The molecular formula is C7H17N3. The monoisotopic (exact) mass is 143 g/mol. The summed E-state index contributed by atoms with van der Waals surface area (Å²) in [5, 5.41) is 6.61. The van der Waals surface area contributed by atoms with Crippen LogP contribution >= 0.6 is 0 Å². The summed E-state index contributed by atoms with van der Waals surface area (Å²) < 4.78 is 0. The third-order valence-corrected chi connectivity index (χ3v) is 0.504. The lowest BCUT2D eigenvalue weighted by molar-refractivity contribution is 1.50. The molecule has 3 nitrogen and oxygen atoms in total. The summed E-state index contributed by atoms with van der Waals surface area (Å²) in [6.45, 7) is 9.10. The Morgan fingerprint density at radius 2 is 1.90 bits per heavy atom. The Bertz CT molecular complexity index is 105. The van der Waals surface area contributed by atoms with Crippen LogP contribution in [0.3, 0.4) is 0 Å². The maximum Gasteiger partial charge on any atom is 0.0547 e. The molecule has 0 radical (unpaired) electrons. The van der Waals surface area contributed by atoms with E-state index in [1.165, 1.54) is 12.4 Å². The van der Waals surface area contributed by atoms with E-state index in [9.17, 15) is 0 Å². The van der Waals surface area contributed by atoms with Crippen LogP contribution in [0.2, 0.25) is 0 Å². The van der Waals surface area contributed by atoms with Crippen molar-refractivity contribution in [1.29, 1.82) is 5.41 Å². The first-order chi connectivity index (χ1) is 4.31. The van der Waals surface area contributed by atoms with Crippen molar-refractivity contribution in [2.45, 2.75) is 20.8 Å². The smallest absolute Gasteiger partial charge is 0.0547 e. The quantitative estimate of drug-likeness (QED) is 0.572. The van der Waals surface area contributed by atoms with Gasteiger partial charge in [0.05, 0.1) is 5.71 Å². The molecule has 0 aromatic carbocycles. The van der Waals surface area contributed by atoms with Crippen LogP contribution in [-0.2, 0) is 0 Å². The Morgan fingerprint density at radius 3 is 2.00 bits per heavy atom. The van der Waals surface area contributed by atoms with Crippen LogP contribution in [-0.4, -0.2) is 11.9 Å². The normalized spacial score (nSPS) is 8.10. The summed E-state index contributed by atoms with van der Waals surface area (Å²) in [4.78, 5) is 3.68. The zero-order valence-electron chi connectivity index (χ0n) is 7.02. The van der Waals surface area contributed by atoms with E-state index in [0.717, 1.165) is 0 Å². The molecule has 0 aromatic rings. The first kappa shape index (κ1) is 16.0. The fraction of sp³-hybridized carbons (Fsp3) is 0.429. The van der Waals surface area contributed by atoms with Gasteiger partial charge >= 0.3 is 0 Å². The van der Waals surface area contributed by atoms with Gasteiger partial charge in [0.1, 0.15) is 0 Å². The average molecular weight is 143 g/mol. The molecule has 0 aromatic heterocycles. The molecule has 0 heterocycles. The van der Waals surface area contributed by atoms with Crippen LogP contribution in [0.1, 0.15) is 20.8 Å². The van der Waals surface area contributed by atoms with Gasteiger partial charge in [0.25, 0.3) is 0 Å². The minimum Gasteiger partial charge on any atom is -0.344 e. The molecule has 0 amide bonds. The lowest BCUT2D eigenvalue weighted by Crippen LogP contribution is -1.86. The maximum absolute atomic E-state index is 6.61. The predicted octanol–water partition coefficient (Wildman–Crippen LogP) is 2.43. The van der Waals surface area contributed by atoms with Crippen molar-refractivity contribution in [1.82, 2.24) is 6.15 Å². The Morgan fingerprint density at radius 1 is 1.50 bits per heavy atom. The van der Waals surface area contributed by atoms with E-state index in [1.807, 2.05) is 13.8 Å². The van der Waals surface area contributed by atoms with Gasteiger partial charge in [-0.15, -0.1) is 0 Å². The van der Waals surface area contributed by atoms with Crippen LogP contribution in [0.4, 0.5) is 0 Å². The van der Waals surface area contributed by atoms with Crippen LogP contribution in [0.5, 0.6) is 0 Å². The third-order valence-electron chi connectivity index (χ3n) is 0.504. The van der Waals surface area contributed by atoms with Crippen LogP contribution < -0.4 is 6.15 Å². The first-order valence-electron chi connectivity index (χ1n) is 2.97. The highest BCUT2D eigenvalue weighted by Crippen LogP contribution is 1.70. The van der Waals surface area contributed by atoms with E-state index in [0.29, 0.717) is 5.71 Å². The largest absolute Gasteiger partial charge is 0.344 e. The number of nitrogens with one attached hydrogen (secondary N) is 1. The zero-order chi connectivity index (χ0) is 7.70. The molecule has 0 atom stereocenters. The fourth-order valence-corrected chi connectivity index (χ4v) is 0.181. The number of nitrogens with zero attached hydrogens (tertiary/aromatic N) is 1. The van der Waals surface area contributed by atoms with Crippen molar-refractivity contribution in [2.75, 3.05) is 0 Å². The second kappa shape index (κ2) is 15.7. The van der Waals surface area contributed by atoms with E-state index in [4.69, 9.17) is 5.41 Å². The molecule has 10 heavy (non-hydrogen) atoms. The molecule has 0 aliphatic carbocycles. The van der Waals surface area contributed by atoms with Crippen molar-refractivity contribution in [3.8, 4) is 0 Å². The van der Waals surface area contributed by atoms with Gasteiger partial charge in [-0.2, -0.15) is 0 Å². The van der Waals surface area contributed by atoms with E-state index >= 15 is 0 Å². The minimum atomic E-state index is 0. The number of rotatable bonds is 2. The molecule has 0 aliphatic rings. The summed E-state index contributed by atoms with van der Waals surface area (Å²) in [6.07, 6.45) is 2.60. The Labute approximate surface area is 63.0 Å². The number of hydrogen-bond donors (Lipinski definition) is 2. The topological polar surface area (TPSA) is 71.2 Å². The number of hydrogen-bond acceptors (Lipinski definition) is 3. The van der Waals surface area contributed by atoms with Gasteiger partial charge in [0.2, 0.25) is 0 Å². The van der Waals surface area contributed by atoms with E-state index in [2.05, 4.69) is 11.6 Å². The fourth-order valence-electron chi connectivity index (χ4n) is 0.181. The molecule has 60 valence electrons. The van der Waals surface area contributed by atoms with Crippen LogP contribution in [0.15, 0.2) is 17.8 Å². The van der Waals surface area contributed by atoms with Gasteiger partial charge < -0.3 is 11.6 Å². The average Bonchev–Trinajstić information content (AvgIpc) is 1.93. The van der Waals surface area contributed by atoms with E-state index in [-0.39, 0.29) is 6.15 Å². The Hall–Kier alpha value is -0.960. The summed E-state index contributed by atoms with van der Waals surface area (Å²) >= 11 is 0. The standard InChI is InChI=1S/C5H8N2.C2H6.H3N/c1-3-7-5(2)4-6;1-2;/h3-4,6H,1H2,2H3;1-2H3;1H3. The molecule has 0 saturated carbocycles. The molecule has 0 unspecified atom stereocenters. The molecule has 0 saturated heterocycles. The summed E-state index contributed by atoms with van der Waals surface area (Å²) in [7, 11) is 0. The van der Waals surface area contributed by atoms with Crippen LogP contribution in [0.25, 0.3) is 0 Å². The lowest BCUT2D eigenvalue weighted by Gasteiger charge is -1.78. The van der Waals surface area contributed by atoms with Crippen LogP contribution in [0, 0.1) is 5.41 Å². The molecule has 0 bridgehead atoms. The summed E-state index contributed by atoms with van der Waals surface area (Å²) in [5.74, 6) is 0. The highest BCUT2D eigenvalue weighted by Gasteiger charge is 1.72. The van der Waals surface area contributed by atoms with E-state index in [1.54, 1.807) is 6.92 Å². The molecule has 0 rings (SSSR count). The highest BCUT2D eigenvalue weighted by atomic mass is 14.7. The molecule has 0 spiro atoms. The zero-order valence-corrected chi connectivity index (χ0v) is 7.02. The lowest BCUT2D eigenvalue weighted by atomic mass is 10.5. The Kier molecular flexibility index (Phi) is 25.1. The summed E-state index contributed by atoms with van der Waals surface area (Å²) in [5.41, 5.74) is 0.676. The van der Waals surface area contributed by atoms with Crippen molar-refractivity contribution in [3.05, 3.63) is 12.8 Å². The minimum absolute atomic E-state index is 0. The van der Waals surface area contributed by atoms with Gasteiger partial charge in [-0.1, -0.05) is 20.4 Å². The summed E-state index contributed by atoms with van der Waals surface area (Å²) in [6, 6.07) is 0. The van der Waals surface area contributed by atoms with Gasteiger partial charge in [-0.05, 0) is 6.92 Å². The first-order valence-corrected chi connectivity index (χ1v) is 2.97. The van der Waals surface area contributed by atoms with Crippen molar-refractivity contribution < 1.29 is 0 Å². The number of aliphatic imine (C=N–C) groups is 1. The van der Waals surface area contributed by atoms with Crippen molar-refractivity contribution >= 4 is 11.9 Å². The molecule has 0 aliphatic heterocycles. The molecular weight excluding hydrogens is 126 g/mol. The van der Waals surface area contributed by atoms with Gasteiger partial charge in [-0.3, -0.25) is 4.99 Å². The SMILES string of the molecule is C=CN=C(C)C=N.CC.N. The Balaban J connectivity index is -0.000000149. The molecule has 3 heteroatoms. The predicted molar refractivity (Wildman–Crippen MR) is 48.5 cm³/mol. The van der Waals surface area contributed by atoms with Gasteiger partial charge in [-0.25, -0.2) is 0 Å². The second-order valence-corrected chi connectivity index (χ2v) is 1.10. The van der Waals surface area contributed by atoms with E-state index < -0.39 is 0 Å². The van der Waals surface area contributed by atoms with Gasteiger partial charge in [0, 0.05) is 12.4 Å². The molecule has 0 fully saturated rings.